The Balaban J connectivity index is 1.84. The lowest BCUT2D eigenvalue weighted by Crippen LogP contribution is -2.43. The number of hydrogen-bond donors (Lipinski definition) is 2. The van der Waals surface area contributed by atoms with Gasteiger partial charge in [-0.2, -0.15) is 0 Å². The average Bonchev–Trinajstić information content (AvgIpc) is 3.20. The van der Waals surface area contributed by atoms with Crippen LogP contribution in [0.1, 0.15) is 45.6 Å². The van der Waals surface area contributed by atoms with Crippen LogP contribution in [0.15, 0.2) is 82.7 Å². The normalized spacial score (nSPS) is 22.6. The number of carbonyl (C=O) groups excluding carboxylic acids is 2. The molecule has 228 valence electrons. The molecule has 0 bridgehead atoms. The van der Waals surface area contributed by atoms with Crippen molar-refractivity contribution in [2.75, 3.05) is 19.0 Å². The van der Waals surface area contributed by atoms with Gasteiger partial charge in [-0.15, -0.1) is 0 Å². The standard InChI is InChI=1S/C33H37Cl2FN4O3/c1-17(2)16-40-20(5)30(38-19(4)25-13-18(3)24(15-27(25)37)33(42)43-6)28(23-11-8-12-26(35)29(23)36)31(40)32(41)39-22-10-7-9-21(34)14-22/h7-14,17,24,28,30-31H,5,15-16,37H2,1-4,6H3,(H,39,41)/t24?,28-,30+,31+/m0/s1. The zero-order chi connectivity index (χ0) is 31.6. The van der Waals surface area contributed by atoms with E-state index in [1.165, 1.54) is 13.2 Å². The SMILES string of the molecule is C=C1[C@@H](N=C(C)C2=C(N)CC(C(=O)OC)C(C)=C2)[C@H](c2cccc(Cl)c2F)[C@H](C(=O)Nc2cccc(Cl)c2)N1CC(C)C. The van der Waals surface area contributed by atoms with Crippen molar-refractivity contribution >= 4 is 46.5 Å². The minimum atomic E-state index is -0.859. The number of nitrogens with two attached hydrogens (primary N) is 1. The van der Waals surface area contributed by atoms with Crippen LogP contribution in [0.3, 0.4) is 0 Å². The van der Waals surface area contributed by atoms with Gasteiger partial charge in [0.1, 0.15) is 11.9 Å². The topological polar surface area (TPSA) is 97.0 Å². The molecule has 0 spiro atoms. The van der Waals surface area contributed by atoms with E-state index in [2.05, 4.69) is 11.9 Å². The third-order valence-corrected chi connectivity index (χ3v) is 8.42. The lowest BCUT2D eigenvalue weighted by Gasteiger charge is -2.30. The van der Waals surface area contributed by atoms with Gasteiger partial charge in [-0.3, -0.25) is 14.6 Å². The van der Waals surface area contributed by atoms with Crippen molar-refractivity contribution in [3.05, 3.63) is 99.1 Å². The summed E-state index contributed by atoms with van der Waals surface area (Å²) in [6.07, 6.45) is 2.13. The van der Waals surface area contributed by atoms with Gasteiger partial charge in [0.2, 0.25) is 5.91 Å². The Morgan fingerprint density at radius 1 is 1.23 bits per heavy atom. The van der Waals surface area contributed by atoms with Gasteiger partial charge in [0.15, 0.2) is 0 Å². The van der Waals surface area contributed by atoms with Gasteiger partial charge in [-0.1, -0.05) is 73.5 Å². The number of rotatable bonds is 8. The quantitative estimate of drug-likeness (QED) is 0.246. The average molecular weight is 628 g/mol. The predicted molar refractivity (Wildman–Crippen MR) is 171 cm³/mol. The number of amides is 1. The van der Waals surface area contributed by atoms with Crippen molar-refractivity contribution in [1.29, 1.82) is 0 Å². The van der Waals surface area contributed by atoms with Gasteiger partial charge in [0.05, 0.1) is 24.1 Å². The first-order valence-corrected chi connectivity index (χ1v) is 14.8. The molecule has 0 radical (unpaired) electrons. The Bertz CT molecular complexity index is 1530. The highest BCUT2D eigenvalue weighted by molar-refractivity contribution is 6.31. The Morgan fingerprint density at radius 3 is 2.58 bits per heavy atom. The van der Waals surface area contributed by atoms with Crippen LogP contribution < -0.4 is 11.1 Å². The van der Waals surface area contributed by atoms with E-state index < -0.39 is 29.7 Å². The van der Waals surface area contributed by atoms with E-state index in [4.69, 9.17) is 38.7 Å². The first kappa shape index (κ1) is 32.3. The number of allylic oxidation sites excluding steroid dienone is 3. The van der Waals surface area contributed by atoms with E-state index in [9.17, 15) is 9.59 Å². The molecule has 7 nitrogen and oxygen atoms in total. The highest BCUT2D eigenvalue weighted by Gasteiger charge is 2.50. The molecule has 2 aromatic carbocycles. The summed E-state index contributed by atoms with van der Waals surface area (Å²) in [6.45, 7) is 12.6. The molecule has 1 unspecified atom stereocenters. The first-order valence-electron chi connectivity index (χ1n) is 14.1. The van der Waals surface area contributed by atoms with E-state index >= 15 is 4.39 Å². The maximum absolute atomic E-state index is 15.8. The molecule has 2 aliphatic rings. The summed E-state index contributed by atoms with van der Waals surface area (Å²) in [5.41, 5.74) is 10.4. The number of aliphatic imine (C=N–C) groups is 1. The van der Waals surface area contributed by atoms with E-state index in [1.807, 2.05) is 38.7 Å². The van der Waals surface area contributed by atoms with E-state index in [-0.39, 0.29) is 28.4 Å². The van der Waals surface area contributed by atoms with Crippen molar-refractivity contribution < 1.29 is 18.7 Å². The third kappa shape index (κ3) is 6.81. The van der Waals surface area contributed by atoms with Crippen LogP contribution >= 0.6 is 23.2 Å². The summed E-state index contributed by atoms with van der Waals surface area (Å²) in [5.74, 6) is -2.40. The van der Waals surface area contributed by atoms with Gasteiger partial charge in [0.25, 0.3) is 0 Å². The molecule has 1 amide bonds. The lowest BCUT2D eigenvalue weighted by molar-refractivity contribution is -0.144. The number of esters is 1. The molecular formula is C33H37Cl2FN4O3. The van der Waals surface area contributed by atoms with Crippen LogP contribution in [-0.2, 0) is 14.3 Å². The molecule has 0 aromatic heterocycles. The molecule has 4 atom stereocenters. The minimum Gasteiger partial charge on any atom is -0.469 e. The number of benzene rings is 2. The van der Waals surface area contributed by atoms with Gasteiger partial charge in [-0.05, 0) is 49.6 Å². The number of likely N-dealkylation sites (tertiary alicyclic amines) is 1. The Labute approximate surface area is 262 Å². The van der Waals surface area contributed by atoms with Crippen LogP contribution in [-0.4, -0.2) is 48.2 Å². The molecule has 0 saturated carbocycles. The maximum Gasteiger partial charge on any atom is 0.313 e. The zero-order valence-corrected chi connectivity index (χ0v) is 26.5. The highest BCUT2D eigenvalue weighted by atomic mass is 35.5. The van der Waals surface area contributed by atoms with Gasteiger partial charge in [-0.25, -0.2) is 4.39 Å². The van der Waals surface area contributed by atoms with Gasteiger partial charge >= 0.3 is 5.97 Å². The van der Waals surface area contributed by atoms with Crippen LogP contribution in [0, 0.1) is 17.7 Å². The lowest BCUT2D eigenvalue weighted by atomic mass is 9.85. The number of halogens is 3. The van der Waals surface area contributed by atoms with Crippen molar-refractivity contribution in [1.82, 2.24) is 4.90 Å². The summed E-state index contributed by atoms with van der Waals surface area (Å²) < 4.78 is 20.7. The van der Waals surface area contributed by atoms with Crippen LogP contribution in [0.25, 0.3) is 0 Å². The molecule has 1 aliphatic heterocycles. The summed E-state index contributed by atoms with van der Waals surface area (Å²) >= 11 is 12.4. The van der Waals surface area contributed by atoms with Gasteiger partial charge < -0.3 is 20.7 Å². The van der Waals surface area contributed by atoms with Crippen molar-refractivity contribution in [3.8, 4) is 0 Å². The highest BCUT2D eigenvalue weighted by Crippen LogP contribution is 2.44. The van der Waals surface area contributed by atoms with E-state index in [0.717, 1.165) is 5.57 Å². The summed E-state index contributed by atoms with van der Waals surface area (Å²) in [4.78, 5) is 33.3. The molecule has 1 heterocycles. The summed E-state index contributed by atoms with van der Waals surface area (Å²) in [6, 6.07) is 10.0. The van der Waals surface area contributed by atoms with Crippen LogP contribution in [0.5, 0.6) is 0 Å². The van der Waals surface area contributed by atoms with Gasteiger partial charge in [0, 0.05) is 52.3 Å². The number of nitrogens with zero attached hydrogens (tertiary/aromatic N) is 2. The molecule has 43 heavy (non-hydrogen) atoms. The second-order valence-electron chi connectivity index (χ2n) is 11.4. The number of nitrogens with one attached hydrogen (secondary N) is 1. The van der Waals surface area contributed by atoms with E-state index in [1.54, 1.807) is 36.4 Å². The molecular weight excluding hydrogens is 590 g/mol. The van der Waals surface area contributed by atoms with Crippen molar-refractivity contribution in [3.63, 3.8) is 0 Å². The second-order valence-corrected chi connectivity index (χ2v) is 12.3. The summed E-state index contributed by atoms with van der Waals surface area (Å²) in [7, 11) is 1.35. The maximum atomic E-state index is 15.8. The molecule has 10 heteroatoms. The molecule has 3 N–H and O–H groups in total. The number of anilines is 1. The zero-order valence-electron chi connectivity index (χ0n) is 25.0. The molecule has 4 rings (SSSR count). The number of carbonyl (C=O) groups is 2. The van der Waals surface area contributed by atoms with Crippen LogP contribution in [0.2, 0.25) is 10.0 Å². The minimum absolute atomic E-state index is 0.0504. The van der Waals surface area contributed by atoms with Crippen LogP contribution in [0.4, 0.5) is 10.1 Å². The fraction of sp³-hybridized carbons (Fsp3) is 0.364. The molecule has 1 aliphatic carbocycles. The van der Waals surface area contributed by atoms with E-state index in [0.29, 0.717) is 46.4 Å². The Kier molecular flexibility index (Phi) is 10.0. The number of ether oxygens (including phenoxy) is 1. The third-order valence-electron chi connectivity index (χ3n) is 7.89. The first-order chi connectivity index (χ1) is 20.3. The number of hydrogen-bond acceptors (Lipinski definition) is 6. The molecule has 2 aromatic rings. The smallest absolute Gasteiger partial charge is 0.313 e. The largest absolute Gasteiger partial charge is 0.469 e. The monoisotopic (exact) mass is 626 g/mol. The van der Waals surface area contributed by atoms with Crippen molar-refractivity contribution in [2.45, 2.75) is 52.1 Å². The fourth-order valence-electron chi connectivity index (χ4n) is 5.84. The Hall–Kier alpha value is -3.62. The Morgan fingerprint density at radius 2 is 1.93 bits per heavy atom. The fourth-order valence-corrected chi connectivity index (χ4v) is 6.22. The summed E-state index contributed by atoms with van der Waals surface area (Å²) in [5, 5.41) is 3.38. The number of methoxy groups -OCH3 is 1. The second kappa shape index (κ2) is 13.3. The van der Waals surface area contributed by atoms with Crippen molar-refractivity contribution in [2.24, 2.45) is 22.6 Å². The molecule has 1 fully saturated rings. The molecule has 1 saturated heterocycles. The predicted octanol–water partition coefficient (Wildman–Crippen LogP) is 6.89.